The summed E-state index contributed by atoms with van der Waals surface area (Å²) < 4.78 is 0. The lowest BCUT2D eigenvalue weighted by Crippen LogP contribution is -2.12. The van der Waals surface area contributed by atoms with Crippen LogP contribution < -0.4 is 5.73 Å². The van der Waals surface area contributed by atoms with Crippen molar-refractivity contribution in [3.05, 3.63) is 0 Å². The second kappa shape index (κ2) is 1.73. The van der Waals surface area contributed by atoms with E-state index in [4.69, 9.17) is 5.73 Å². The van der Waals surface area contributed by atoms with Gasteiger partial charge in [0.05, 0.1) is 0 Å². The van der Waals surface area contributed by atoms with Crippen molar-refractivity contribution in [2.24, 2.45) is 15.7 Å². The van der Waals surface area contributed by atoms with Crippen molar-refractivity contribution >= 4 is 12.2 Å². The normalized spacial score (nSPS) is 19.1. The summed E-state index contributed by atoms with van der Waals surface area (Å²) in [5.41, 5.74) is 5.19. The highest BCUT2D eigenvalue weighted by atomic mass is 15.0. The summed E-state index contributed by atoms with van der Waals surface area (Å²) in [6.45, 7) is 0.801. The van der Waals surface area contributed by atoms with Crippen LogP contribution >= 0.6 is 0 Å². The van der Waals surface area contributed by atoms with E-state index in [1.54, 1.807) is 6.21 Å². The number of hydrogen-bond acceptors (Lipinski definition) is 3. The fourth-order valence-corrected chi connectivity index (χ4v) is 0.436. The topological polar surface area (TPSA) is 50.7 Å². The van der Waals surface area contributed by atoms with Crippen LogP contribution in [-0.4, -0.2) is 18.7 Å². The van der Waals surface area contributed by atoms with Crippen molar-refractivity contribution in [3.63, 3.8) is 0 Å². The molecule has 0 fully saturated rings. The van der Waals surface area contributed by atoms with E-state index in [0.29, 0.717) is 5.96 Å². The van der Waals surface area contributed by atoms with Crippen LogP contribution in [0.15, 0.2) is 9.98 Å². The monoisotopic (exact) mass is 97.1 g/mol. The van der Waals surface area contributed by atoms with E-state index in [2.05, 4.69) is 9.98 Å². The summed E-state index contributed by atoms with van der Waals surface area (Å²) in [5.74, 6) is 0.409. The molecule has 0 aliphatic carbocycles. The molecule has 0 spiro atoms. The summed E-state index contributed by atoms with van der Waals surface area (Å²) in [6, 6.07) is 0. The van der Waals surface area contributed by atoms with Crippen molar-refractivity contribution in [2.75, 3.05) is 6.54 Å². The van der Waals surface area contributed by atoms with Crippen LogP contribution in [0.4, 0.5) is 0 Å². The van der Waals surface area contributed by atoms with E-state index in [1.807, 2.05) is 0 Å². The molecule has 3 nitrogen and oxygen atoms in total. The minimum absolute atomic E-state index is 0.409. The van der Waals surface area contributed by atoms with Crippen LogP contribution in [0.2, 0.25) is 0 Å². The standard InChI is InChI=1S/C4H7N3/c5-4-6-2-1-3-7-4/h2H,1,3H2,(H2,5,7). The molecule has 0 saturated carbocycles. The van der Waals surface area contributed by atoms with Gasteiger partial charge in [-0.25, -0.2) is 4.99 Å². The zero-order valence-electron chi connectivity index (χ0n) is 3.96. The molecule has 3 heteroatoms. The SMILES string of the molecule is NC1=NCCC=N1. The predicted octanol–water partition coefficient (Wildman–Crippen LogP) is -0.224. The molecule has 2 N–H and O–H groups in total. The van der Waals surface area contributed by atoms with Gasteiger partial charge in [-0.05, 0) is 0 Å². The molecule has 1 heterocycles. The van der Waals surface area contributed by atoms with Crippen molar-refractivity contribution in [1.82, 2.24) is 0 Å². The van der Waals surface area contributed by atoms with Crippen LogP contribution in [0.1, 0.15) is 6.42 Å². The van der Waals surface area contributed by atoms with Crippen molar-refractivity contribution in [1.29, 1.82) is 0 Å². The predicted molar refractivity (Wildman–Crippen MR) is 29.6 cm³/mol. The Labute approximate surface area is 42.0 Å². The maximum absolute atomic E-state index is 5.19. The lowest BCUT2D eigenvalue weighted by atomic mass is 10.4. The molecule has 38 valence electrons. The molecular weight excluding hydrogens is 90.1 g/mol. The zero-order valence-corrected chi connectivity index (χ0v) is 3.96. The molecule has 1 aliphatic heterocycles. The van der Waals surface area contributed by atoms with Crippen LogP contribution in [0.3, 0.4) is 0 Å². The van der Waals surface area contributed by atoms with Gasteiger partial charge in [0.25, 0.3) is 0 Å². The Morgan fingerprint density at radius 2 is 2.57 bits per heavy atom. The quantitative estimate of drug-likeness (QED) is 0.446. The highest BCUT2D eigenvalue weighted by Crippen LogP contribution is 1.84. The van der Waals surface area contributed by atoms with Gasteiger partial charge < -0.3 is 5.73 Å². The van der Waals surface area contributed by atoms with Crippen LogP contribution in [0.5, 0.6) is 0 Å². The van der Waals surface area contributed by atoms with Gasteiger partial charge in [-0.1, -0.05) is 0 Å². The van der Waals surface area contributed by atoms with Crippen LogP contribution in [0, 0.1) is 0 Å². The molecule has 7 heavy (non-hydrogen) atoms. The highest BCUT2D eigenvalue weighted by Gasteiger charge is 1.89. The molecule has 1 rings (SSSR count). The third-order valence-electron chi connectivity index (χ3n) is 0.756. The Balaban J connectivity index is 2.58. The molecule has 0 aromatic rings. The fourth-order valence-electron chi connectivity index (χ4n) is 0.436. The van der Waals surface area contributed by atoms with Crippen LogP contribution in [-0.2, 0) is 0 Å². The van der Waals surface area contributed by atoms with Gasteiger partial charge in [-0.3, -0.25) is 4.99 Å². The number of hydrogen-bond donors (Lipinski definition) is 1. The first-order valence-corrected chi connectivity index (χ1v) is 2.22. The molecule has 1 aliphatic rings. The van der Waals surface area contributed by atoms with Crippen molar-refractivity contribution in [2.45, 2.75) is 6.42 Å². The van der Waals surface area contributed by atoms with E-state index in [-0.39, 0.29) is 0 Å². The molecule has 0 amide bonds. The van der Waals surface area contributed by atoms with Gasteiger partial charge in [-0.15, -0.1) is 0 Å². The summed E-state index contributed by atoms with van der Waals surface area (Å²) in [5, 5.41) is 0. The Morgan fingerprint density at radius 1 is 1.71 bits per heavy atom. The van der Waals surface area contributed by atoms with Crippen molar-refractivity contribution in [3.8, 4) is 0 Å². The summed E-state index contributed by atoms with van der Waals surface area (Å²) in [6.07, 6.45) is 2.71. The summed E-state index contributed by atoms with van der Waals surface area (Å²) in [7, 11) is 0. The molecule has 0 aromatic heterocycles. The van der Waals surface area contributed by atoms with Crippen molar-refractivity contribution < 1.29 is 0 Å². The molecule has 0 saturated heterocycles. The van der Waals surface area contributed by atoms with Gasteiger partial charge in [-0.2, -0.15) is 0 Å². The van der Waals surface area contributed by atoms with Crippen LogP contribution in [0.25, 0.3) is 0 Å². The lowest BCUT2D eigenvalue weighted by Gasteiger charge is -1.95. The van der Waals surface area contributed by atoms with E-state index >= 15 is 0 Å². The Kier molecular flexibility index (Phi) is 1.06. The maximum Gasteiger partial charge on any atom is 0.214 e. The molecule has 0 bridgehead atoms. The second-order valence-corrected chi connectivity index (χ2v) is 1.34. The van der Waals surface area contributed by atoms with E-state index in [9.17, 15) is 0 Å². The van der Waals surface area contributed by atoms with Gasteiger partial charge in [0.15, 0.2) is 0 Å². The number of aliphatic imine (C=N–C) groups is 2. The summed E-state index contributed by atoms with van der Waals surface area (Å²) >= 11 is 0. The average molecular weight is 97.1 g/mol. The summed E-state index contributed by atoms with van der Waals surface area (Å²) in [4.78, 5) is 7.56. The van der Waals surface area contributed by atoms with Gasteiger partial charge in [0.2, 0.25) is 5.96 Å². The number of nitrogens with two attached hydrogens (primary N) is 1. The number of guanidine groups is 1. The molecule has 0 radical (unpaired) electrons. The second-order valence-electron chi connectivity index (χ2n) is 1.34. The molecule has 0 unspecified atom stereocenters. The third kappa shape index (κ3) is 0.994. The third-order valence-corrected chi connectivity index (χ3v) is 0.756. The molecule has 0 aromatic carbocycles. The Morgan fingerprint density at radius 3 is 2.86 bits per heavy atom. The highest BCUT2D eigenvalue weighted by molar-refractivity contribution is 5.87. The first kappa shape index (κ1) is 4.30. The minimum Gasteiger partial charge on any atom is -0.368 e. The number of rotatable bonds is 0. The lowest BCUT2D eigenvalue weighted by molar-refractivity contribution is 1.02. The largest absolute Gasteiger partial charge is 0.368 e. The molecule has 0 atom stereocenters. The average Bonchev–Trinajstić information content (AvgIpc) is 1.69. The van der Waals surface area contributed by atoms with Gasteiger partial charge in [0, 0.05) is 19.2 Å². The first-order valence-electron chi connectivity index (χ1n) is 2.22. The molecular formula is C4H7N3. The fraction of sp³-hybridized carbons (Fsp3) is 0.500. The van der Waals surface area contributed by atoms with E-state index in [0.717, 1.165) is 13.0 Å². The zero-order chi connectivity index (χ0) is 5.11. The Bertz CT molecular complexity index is 114. The Hall–Kier alpha value is -0.860. The van der Waals surface area contributed by atoms with E-state index < -0.39 is 0 Å². The smallest absolute Gasteiger partial charge is 0.214 e. The number of nitrogens with zero attached hydrogens (tertiary/aromatic N) is 2. The van der Waals surface area contributed by atoms with E-state index in [1.165, 1.54) is 0 Å². The minimum atomic E-state index is 0.409. The maximum atomic E-state index is 5.19. The first-order chi connectivity index (χ1) is 3.39. The van der Waals surface area contributed by atoms with Gasteiger partial charge in [0.1, 0.15) is 0 Å². The van der Waals surface area contributed by atoms with Gasteiger partial charge >= 0.3 is 0 Å².